The van der Waals surface area contributed by atoms with Crippen LogP contribution in [0.3, 0.4) is 0 Å². The highest BCUT2D eigenvalue weighted by Gasteiger charge is 2.35. The van der Waals surface area contributed by atoms with E-state index in [0.717, 1.165) is 5.52 Å². The summed E-state index contributed by atoms with van der Waals surface area (Å²) in [6.45, 7) is 3.04. The number of hydrogen-bond acceptors (Lipinski definition) is 4. The van der Waals surface area contributed by atoms with Crippen molar-refractivity contribution in [2.24, 2.45) is 0 Å². The molecule has 0 amide bonds. The normalized spacial score (nSPS) is 11.6. The van der Waals surface area contributed by atoms with Gasteiger partial charge < -0.3 is 0 Å². The third-order valence-electron chi connectivity index (χ3n) is 2.53. The Hall–Kier alpha value is -2.04. The van der Waals surface area contributed by atoms with E-state index in [2.05, 4.69) is 9.97 Å². The van der Waals surface area contributed by atoms with Crippen LogP contribution in [0.2, 0.25) is 0 Å². The summed E-state index contributed by atoms with van der Waals surface area (Å²) in [5.74, 6) is 0. The van der Waals surface area contributed by atoms with Gasteiger partial charge in [-0.3, -0.25) is 15.1 Å². The summed E-state index contributed by atoms with van der Waals surface area (Å²) in [6.07, 6.45) is 1.46. The third-order valence-corrected chi connectivity index (χ3v) is 2.53. The molecule has 0 bridgehead atoms. The predicted molar refractivity (Wildman–Crippen MR) is 59.6 cm³/mol. The van der Waals surface area contributed by atoms with Crippen molar-refractivity contribution < 1.29 is 4.92 Å². The maximum Gasteiger partial charge on any atom is 0.259 e. The summed E-state index contributed by atoms with van der Waals surface area (Å²) in [7, 11) is 0. The van der Waals surface area contributed by atoms with Crippen LogP contribution in [0.5, 0.6) is 0 Å². The third kappa shape index (κ3) is 1.60. The van der Waals surface area contributed by atoms with Crippen molar-refractivity contribution in [2.75, 3.05) is 0 Å². The summed E-state index contributed by atoms with van der Waals surface area (Å²) in [6, 6.07) is 7.31. The van der Waals surface area contributed by atoms with Crippen LogP contribution >= 0.6 is 0 Å². The molecule has 0 radical (unpaired) electrons. The zero-order chi connectivity index (χ0) is 11.8. The van der Waals surface area contributed by atoms with Gasteiger partial charge in [0.1, 0.15) is 5.69 Å². The molecule has 1 aromatic heterocycles. The molecule has 0 spiro atoms. The van der Waals surface area contributed by atoms with Gasteiger partial charge in [-0.1, -0.05) is 12.1 Å². The number of aromatic nitrogens is 2. The molecule has 5 nitrogen and oxygen atoms in total. The standard InChI is InChI=1S/C11H11N3O2/c1-11(2,14(15)16)10-7-12-8-5-3-4-6-9(8)13-10/h3-7H,1-2H3. The van der Waals surface area contributed by atoms with Gasteiger partial charge in [-0.2, -0.15) is 0 Å². The van der Waals surface area contributed by atoms with E-state index < -0.39 is 5.54 Å². The lowest BCUT2D eigenvalue weighted by Crippen LogP contribution is -2.29. The Labute approximate surface area is 92.3 Å². The molecule has 0 fully saturated rings. The Bertz CT molecular complexity index is 552. The first kappa shape index (κ1) is 10.5. The molecule has 0 N–H and O–H groups in total. The average molecular weight is 217 g/mol. The summed E-state index contributed by atoms with van der Waals surface area (Å²) < 4.78 is 0. The Morgan fingerprint density at radius 3 is 2.50 bits per heavy atom. The molecule has 2 aromatic rings. The lowest BCUT2D eigenvalue weighted by Gasteiger charge is -2.14. The summed E-state index contributed by atoms with van der Waals surface area (Å²) in [5, 5.41) is 10.9. The topological polar surface area (TPSA) is 68.9 Å². The highest BCUT2D eigenvalue weighted by molar-refractivity contribution is 5.73. The van der Waals surface area contributed by atoms with Crippen LogP contribution in [0.1, 0.15) is 19.5 Å². The molecule has 0 unspecified atom stereocenters. The molecule has 0 aliphatic rings. The van der Waals surface area contributed by atoms with Gasteiger partial charge in [0.25, 0.3) is 5.54 Å². The number of nitro groups is 1. The number of para-hydroxylation sites is 2. The molecule has 2 rings (SSSR count). The number of fused-ring (bicyclic) bond motifs is 1. The van der Waals surface area contributed by atoms with Crippen molar-refractivity contribution in [3.63, 3.8) is 0 Å². The molecule has 16 heavy (non-hydrogen) atoms. The van der Waals surface area contributed by atoms with Crippen LogP contribution in [0.4, 0.5) is 0 Å². The largest absolute Gasteiger partial charge is 0.264 e. The number of hydrogen-bond donors (Lipinski definition) is 0. The maximum atomic E-state index is 10.9. The first-order chi connectivity index (χ1) is 7.51. The van der Waals surface area contributed by atoms with Crippen molar-refractivity contribution in [3.8, 4) is 0 Å². The zero-order valence-corrected chi connectivity index (χ0v) is 9.04. The summed E-state index contributed by atoms with van der Waals surface area (Å²) in [5.41, 5.74) is 0.577. The number of nitrogens with zero attached hydrogens (tertiary/aromatic N) is 3. The lowest BCUT2D eigenvalue weighted by atomic mass is 10.0. The minimum Gasteiger partial charge on any atom is -0.264 e. The molecule has 0 aliphatic heterocycles. The van der Waals surface area contributed by atoms with Crippen LogP contribution in [0.25, 0.3) is 11.0 Å². The minimum absolute atomic E-state index is 0.355. The average Bonchev–Trinajstić information content (AvgIpc) is 2.28. The van der Waals surface area contributed by atoms with E-state index in [4.69, 9.17) is 0 Å². The Morgan fingerprint density at radius 1 is 1.25 bits per heavy atom. The Kier molecular flexibility index (Phi) is 2.30. The highest BCUT2D eigenvalue weighted by Crippen LogP contribution is 2.22. The summed E-state index contributed by atoms with van der Waals surface area (Å²) in [4.78, 5) is 19.0. The fourth-order valence-electron chi connectivity index (χ4n) is 1.35. The minimum atomic E-state index is -1.21. The highest BCUT2D eigenvalue weighted by atomic mass is 16.6. The van der Waals surface area contributed by atoms with Crippen LogP contribution in [-0.4, -0.2) is 14.9 Å². The zero-order valence-electron chi connectivity index (χ0n) is 9.04. The van der Waals surface area contributed by atoms with E-state index in [0.29, 0.717) is 11.2 Å². The second-order valence-electron chi connectivity index (χ2n) is 4.06. The second-order valence-corrected chi connectivity index (χ2v) is 4.06. The molecule has 0 aliphatic carbocycles. The molecule has 0 saturated carbocycles. The fourth-order valence-corrected chi connectivity index (χ4v) is 1.35. The molecule has 5 heteroatoms. The molecule has 0 atom stereocenters. The number of rotatable bonds is 2. The molecule has 82 valence electrons. The molecule has 1 heterocycles. The van der Waals surface area contributed by atoms with E-state index in [1.807, 2.05) is 18.2 Å². The Balaban J connectivity index is 2.59. The van der Waals surface area contributed by atoms with Crippen molar-refractivity contribution in [1.29, 1.82) is 0 Å². The van der Waals surface area contributed by atoms with Crippen molar-refractivity contribution in [3.05, 3.63) is 46.3 Å². The van der Waals surface area contributed by atoms with Gasteiger partial charge in [0, 0.05) is 18.8 Å². The van der Waals surface area contributed by atoms with E-state index in [-0.39, 0.29) is 4.92 Å². The molecular formula is C11H11N3O2. The second kappa shape index (κ2) is 3.52. The van der Waals surface area contributed by atoms with Crippen LogP contribution in [0.15, 0.2) is 30.5 Å². The van der Waals surface area contributed by atoms with Crippen molar-refractivity contribution >= 4 is 11.0 Å². The number of benzene rings is 1. The monoisotopic (exact) mass is 217 g/mol. The van der Waals surface area contributed by atoms with Gasteiger partial charge in [0.2, 0.25) is 0 Å². The van der Waals surface area contributed by atoms with Crippen molar-refractivity contribution in [1.82, 2.24) is 9.97 Å². The van der Waals surface area contributed by atoms with Gasteiger partial charge in [-0.15, -0.1) is 0 Å². The van der Waals surface area contributed by atoms with Gasteiger partial charge in [-0.25, -0.2) is 4.98 Å². The van der Waals surface area contributed by atoms with Crippen LogP contribution in [-0.2, 0) is 5.54 Å². The molecule has 0 saturated heterocycles. The van der Waals surface area contributed by atoms with Crippen molar-refractivity contribution in [2.45, 2.75) is 19.4 Å². The first-order valence-corrected chi connectivity index (χ1v) is 4.88. The quantitative estimate of drug-likeness (QED) is 0.570. The maximum absolute atomic E-state index is 10.9. The van der Waals surface area contributed by atoms with E-state index in [9.17, 15) is 10.1 Å². The van der Waals surface area contributed by atoms with Crippen LogP contribution < -0.4 is 0 Å². The summed E-state index contributed by atoms with van der Waals surface area (Å²) >= 11 is 0. The predicted octanol–water partition coefficient (Wildman–Crippen LogP) is 2.14. The van der Waals surface area contributed by atoms with Gasteiger partial charge >= 0.3 is 0 Å². The van der Waals surface area contributed by atoms with E-state index in [1.165, 1.54) is 20.0 Å². The van der Waals surface area contributed by atoms with E-state index in [1.54, 1.807) is 6.07 Å². The van der Waals surface area contributed by atoms with Gasteiger partial charge in [-0.05, 0) is 12.1 Å². The van der Waals surface area contributed by atoms with E-state index >= 15 is 0 Å². The Morgan fingerprint density at radius 2 is 1.88 bits per heavy atom. The first-order valence-electron chi connectivity index (χ1n) is 4.88. The molecule has 1 aromatic carbocycles. The lowest BCUT2D eigenvalue weighted by molar-refractivity contribution is -0.570. The van der Waals surface area contributed by atoms with Gasteiger partial charge in [0.15, 0.2) is 0 Å². The molecular weight excluding hydrogens is 206 g/mol. The smallest absolute Gasteiger partial charge is 0.259 e. The fraction of sp³-hybridized carbons (Fsp3) is 0.273. The SMILES string of the molecule is CC(C)(c1cnc2ccccc2n1)[N+](=O)[O-]. The van der Waals surface area contributed by atoms with Gasteiger partial charge in [0.05, 0.1) is 17.2 Å². The van der Waals surface area contributed by atoms with Crippen LogP contribution in [0, 0.1) is 10.1 Å².